The Hall–Kier alpha value is -1.97. The van der Waals surface area contributed by atoms with Gasteiger partial charge < -0.3 is 4.90 Å². The van der Waals surface area contributed by atoms with Gasteiger partial charge in [0.1, 0.15) is 11.6 Å². The van der Waals surface area contributed by atoms with Crippen LogP contribution in [0.2, 0.25) is 0 Å². The molecule has 0 spiro atoms. The summed E-state index contributed by atoms with van der Waals surface area (Å²) < 4.78 is 14.0. The highest BCUT2D eigenvalue weighted by Crippen LogP contribution is 2.46. The quantitative estimate of drug-likeness (QED) is 0.802. The molecule has 0 aromatic heterocycles. The Kier molecular flexibility index (Phi) is 4.50. The van der Waals surface area contributed by atoms with Gasteiger partial charge in [-0.05, 0) is 30.5 Å². The minimum absolute atomic E-state index is 0.0276. The molecule has 0 heterocycles. The van der Waals surface area contributed by atoms with Crippen LogP contribution in [0.4, 0.5) is 4.39 Å². The molecule has 0 aliphatic heterocycles. The van der Waals surface area contributed by atoms with Gasteiger partial charge in [-0.1, -0.05) is 19.1 Å². The highest BCUT2D eigenvalue weighted by atomic mass is 19.1. The first-order valence-electron chi connectivity index (χ1n) is 7.55. The van der Waals surface area contributed by atoms with Gasteiger partial charge in [0.05, 0.1) is 5.41 Å². The maximum absolute atomic E-state index is 14.0. The number of ketones is 2. The predicted octanol–water partition coefficient (Wildman–Crippen LogP) is 3.16. The molecule has 1 fully saturated rings. The fourth-order valence-electron chi connectivity index (χ4n) is 3.34. The van der Waals surface area contributed by atoms with Gasteiger partial charge in [0, 0.05) is 38.7 Å². The van der Waals surface area contributed by atoms with Gasteiger partial charge in [-0.25, -0.2) is 4.39 Å². The topological polar surface area (TPSA) is 37.4 Å². The zero-order chi connectivity index (χ0) is 16.5. The molecule has 0 bridgehead atoms. The van der Waals surface area contributed by atoms with Crippen molar-refractivity contribution in [2.45, 2.75) is 38.5 Å². The van der Waals surface area contributed by atoms with E-state index in [1.165, 1.54) is 6.07 Å². The number of carbonyl (C=O) groups excluding carboxylic acids is 2. The molecule has 1 aromatic rings. The van der Waals surface area contributed by atoms with Crippen LogP contribution < -0.4 is 0 Å². The number of nitrogens with zero attached hydrogens (tertiary/aromatic N) is 1. The SMILES string of the molecule is CCC(=O)[C@]1(c2cccc(F)c2C)CCC(=O)/C1=C\N(C)C. The first-order valence-corrected chi connectivity index (χ1v) is 7.55. The van der Waals surface area contributed by atoms with Crippen molar-refractivity contribution in [1.29, 1.82) is 0 Å². The van der Waals surface area contributed by atoms with Crippen LogP contribution in [0.5, 0.6) is 0 Å². The number of hydrogen-bond donors (Lipinski definition) is 0. The average molecular weight is 303 g/mol. The minimum atomic E-state index is -1.01. The van der Waals surface area contributed by atoms with Crippen molar-refractivity contribution in [3.8, 4) is 0 Å². The summed E-state index contributed by atoms with van der Waals surface area (Å²) in [6.07, 6.45) is 2.77. The third kappa shape index (κ3) is 2.47. The fourth-order valence-corrected chi connectivity index (χ4v) is 3.34. The Balaban J connectivity index is 2.77. The van der Waals surface area contributed by atoms with Crippen LogP contribution in [0.1, 0.15) is 37.3 Å². The number of halogens is 1. The first kappa shape index (κ1) is 16.4. The molecule has 0 radical (unpaired) electrons. The van der Waals surface area contributed by atoms with Crippen LogP contribution >= 0.6 is 0 Å². The molecule has 0 unspecified atom stereocenters. The van der Waals surface area contributed by atoms with E-state index in [0.29, 0.717) is 36.0 Å². The third-order valence-corrected chi connectivity index (χ3v) is 4.40. The molecule has 0 saturated heterocycles. The maximum Gasteiger partial charge on any atom is 0.161 e. The molecule has 1 saturated carbocycles. The van der Waals surface area contributed by atoms with Crippen LogP contribution in [0.15, 0.2) is 30.0 Å². The monoisotopic (exact) mass is 303 g/mol. The van der Waals surface area contributed by atoms with Crippen molar-refractivity contribution in [3.63, 3.8) is 0 Å². The molecule has 22 heavy (non-hydrogen) atoms. The largest absolute Gasteiger partial charge is 0.383 e. The van der Waals surface area contributed by atoms with Crippen molar-refractivity contribution in [1.82, 2.24) is 4.90 Å². The second-order valence-electron chi connectivity index (χ2n) is 6.02. The third-order valence-electron chi connectivity index (χ3n) is 4.40. The first-order chi connectivity index (χ1) is 10.3. The Morgan fingerprint density at radius 3 is 2.68 bits per heavy atom. The molecule has 0 N–H and O–H groups in total. The number of carbonyl (C=O) groups is 2. The average Bonchev–Trinajstić information content (AvgIpc) is 2.79. The molecule has 2 rings (SSSR count). The summed E-state index contributed by atoms with van der Waals surface area (Å²) in [4.78, 5) is 26.9. The summed E-state index contributed by atoms with van der Waals surface area (Å²) in [6.45, 7) is 3.46. The summed E-state index contributed by atoms with van der Waals surface area (Å²) in [7, 11) is 3.64. The van der Waals surface area contributed by atoms with Crippen molar-refractivity contribution in [2.75, 3.05) is 14.1 Å². The Bertz CT molecular complexity index is 648. The van der Waals surface area contributed by atoms with Crippen LogP contribution in [0.3, 0.4) is 0 Å². The van der Waals surface area contributed by atoms with Gasteiger partial charge in [0.15, 0.2) is 5.78 Å². The zero-order valence-electron chi connectivity index (χ0n) is 13.6. The van der Waals surface area contributed by atoms with Gasteiger partial charge in [0.2, 0.25) is 0 Å². The lowest BCUT2D eigenvalue weighted by Gasteiger charge is -2.31. The van der Waals surface area contributed by atoms with Crippen LogP contribution in [-0.4, -0.2) is 30.6 Å². The summed E-state index contributed by atoms with van der Waals surface area (Å²) in [5.41, 5.74) is 0.544. The van der Waals surface area contributed by atoms with Crippen molar-refractivity contribution in [2.24, 2.45) is 0 Å². The number of Topliss-reactive ketones (excluding diaryl/α,β-unsaturated/α-hetero) is 2. The van der Waals surface area contributed by atoms with Crippen LogP contribution in [0.25, 0.3) is 0 Å². The van der Waals surface area contributed by atoms with Gasteiger partial charge in [-0.2, -0.15) is 0 Å². The van der Waals surface area contributed by atoms with Crippen molar-refractivity contribution < 1.29 is 14.0 Å². The maximum atomic E-state index is 14.0. The molecule has 4 heteroatoms. The van der Waals surface area contributed by atoms with Gasteiger partial charge in [0.25, 0.3) is 0 Å². The second-order valence-corrected chi connectivity index (χ2v) is 6.02. The van der Waals surface area contributed by atoms with E-state index in [2.05, 4.69) is 0 Å². The molecule has 3 nitrogen and oxygen atoms in total. The normalized spacial score (nSPS) is 23.1. The van der Waals surface area contributed by atoms with Gasteiger partial charge >= 0.3 is 0 Å². The standard InChI is InChI=1S/C18H22FNO2/c1-5-17(22)18(13-7-6-8-15(19)12(13)2)10-9-16(21)14(18)11-20(3)4/h6-8,11H,5,9-10H2,1-4H3/b14-11+/t18-/m0/s1. The molecular formula is C18H22FNO2. The fraction of sp³-hybridized carbons (Fsp3) is 0.444. The summed E-state index contributed by atoms with van der Waals surface area (Å²) >= 11 is 0. The molecule has 1 atom stereocenters. The highest BCUT2D eigenvalue weighted by Gasteiger charge is 2.50. The number of allylic oxidation sites excluding steroid dienone is 1. The van der Waals surface area contributed by atoms with Crippen LogP contribution in [-0.2, 0) is 15.0 Å². The highest BCUT2D eigenvalue weighted by molar-refractivity contribution is 6.11. The Labute approximate surface area is 130 Å². The Morgan fingerprint density at radius 2 is 2.09 bits per heavy atom. The van der Waals surface area contributed by atoms with E-state index in [4.69, 9.17) is 0 Å². The zero-order valence-corrected chi connectivity index (χ0v) is 13.6. The summed E-state index contributed by atoms with van der Waals surface area (Å²) in [6, 6.07) is 4.77. The van der Waals surface area contributed by atoms with Gasteiger partial charge in [-0.3, -0.25) is 9.59 Å². The second kappa shape index (κ2) is 6.03. The molecule has 1 aliphatic carbocycles. The van der Waals surface area contributed by atoms with E-state index in [1.807, 2.05) is 14.1 Å². The van der Waals surface area contributed by atoms with E-state index >= 15 is 0 Å². The summed E-state index contributed by atoms with van der Waals surface area (Å²) in [5.74, 6) is -0.399. The number of rotatable bonds is 4. The lowest BCUT2D eigenvalue weighted by atomic mass is 9.70. The van der Waals surface area contributed by atoms with Crippen molar-refractivity contribution >= 4 is 11.6 Å². The van der Waals surface area contributed by atoms with E-state index in [1.54, 1.807) is 37.1 Å². The van der Waals surface area contributed by atoms with E-state index in [0.717, 1.165) is 0 Å². The Morgan fingerprint density at radius 1 is 1.41 bits per heavy atom. The minimum Gasteiger partial charge on any atom is -0.383 e. The number of hydrogen-bond acceptors (Lipinski definition) is 3. The molecule has 1 aromatic carbocycles. The lowest BCUT2D eigenvalue weighted by Crippen LogP contribution is -2.37. The van der Waals surface area contributed by atoms with Crippen molar-refractivity contribution in [3.05, 3.63) is 46.9 Å². The molecular weight excluding hydrogens is 281 g/mol. The lowest BCUT2D eigenvalue weighted by molar-refractivity contribution is -0.123. The summed E-state index contributed by atoms with van der Waals surface area (Å²) in [5, 5.41) is 0. The predicted molar refractivity (Wildman–Crippen MR) is 84.1 cm³/mol. The van der Waals surface area contributed by atoms with Gasteiger partial charge in [-0.15, -0.1) is 0 Å². The molecule has 1 aliphatic rings. The van der Waals surface area contributed by atoms with Crippen LogP contribution in [0, 0.1) is 12.7 Å². The van der Waals surface area contributed by atoms with E-state index < -0.39 is 5.41 Å². The molecule has 0 amide bonds. The number of benzene rings is 1. The smallest absolute Gasteiger partial charge is 0.161 e. The van der Waals surface area contributed by atoms with E-state index in [9.17, 15) is 14.0 Å². The molecule has 118 valence electrons. The van der Waals surface area contributed by atoms with E-state index in [-0.39, 0.29) is 17.4 Å².